The van der Waals surface area contributed by atoms with Crippen LogP contribution in [0.3, 0.4) is 0 Å². The fourth-order valence-corrected chi connectivity index (χ4v) is 13.0. The molecule has 0 aliphatic rings. The van der Waals surface area contributed by atoms with Crippen LogP contribution >= 0.6 is 0 Å². The van der Waals surface area contributed by atoms with E-state index in [0.717, 1.165) is 105 Å². The Hall–Kier alpha value is -9.59. The molecule has 0 radical (unpaired) electrons. The average molecular weight is 1090 g/mol. The molecule has 10 aromatic carbocycles. The van der Waals surface area contributed by atoms with E-state index in [4.69, 9.17) is 24.1 Å². The highest BCUT2D eigenvalue weighted by Gasteiger charge is 2.29. The molecular weight excluding hydrogens is 1030 g/mol. The second-order valence-electron chi connectivity index (χ2n) is 24.0. The van der Waals surface area contributed by atoms with Crippen LogP contribution in [0.25, 0.3) is 122 Å². The number of para-hydroxylation sites is 4. The molecule has 7 heteroatoms. The van der Waals surface area contributed by atoms with Crippen LogP contribution < -0.4 is 4.74 Å². The van der Waals surface area contributed by atoms with Crippen LogP contribution in [0.5, 0.6) is 11.5 Å². The monoisotopic (exact) mass is 1090 g/mol. The van der Waals surface area contributed by atoms with Gasteiger partial charge in [0.15, 0.2) is 0 Å². The number of ether oxygens (including phenoxy) is 1. The van der Waals surface area contributed by atoms with Crippen molar-refractivity contribution in [3.05, 3.63) is 234 Å². The Labute approximate surface area is 490 Å². The quantitative estimate of drug-likeness (QED) is 0.114. The van der Waals surface area contributed by atoms with Crippen molar-refractivity contribution >= 4 is 65.6 Å². The van der Waals surface area contributed by atoms with Crippen molar-refractivity contribution in [1.82, 2.24) is 24.1 Å². The molecule has 84 heavy (non-hydrogen) atoms. The Bertz CT molecular complexity index is 4840. The van der Waals surface area contributed by atoms with Gasteiger partial charge >= 0.3 is 0 Å². The molecule has 0 bridgehead atoms. The minimum atomic E-state index is 0.182. The largest absolute Gasteiger partial charge is 0.457 e. The summed E-state index contributed by atoms with van der Waals surface area (Å²) in [6.45, 7) is 22.5. The van der Waals surface area contributed by atoms with Gasteiger partial charge < -0.3 is 9.15 Å². The van der Waals surface area contributed by atoms with Crippen molar-refractivity contribution in [2.24, 2.45) is 0 Å². The van der Waals surface area contributed by atoms with Crippen LogP contribution in [0.15, 0.2) is 205 Å². The lowest BCUT2D eigenvalue weighted by molar-refractivity contribution is 0.483. The van der Waals surface area contributed by atoms with E-state index in [1.54, 1.807) is 0 Å². The third-order valence-corrected chi connectivity index (χ3v) is 17.0. The maximum Gasteiger partial charge on any atom is 0.149 e. The highest BCUT2D eigenvalue weighted by atomic mass is 16.5. The molecule has 0 amide bonds. The van der Waals surface area contributed by atoms with Gasteiger partial charge in [0.1, 0.15) is 34.3 Å². The fourth-order valence-electron chi connectivity index (χ4n) is 13.0. The Balaban J connectivity index is 0.997. The first kappa shape index (κ1) is 52.5. The zero-order chi connectivity index (χ0) is 57.7. The van der Waals surface area contributed by atoms with Crippen molar-refractivity contribution in [2.75, 3.05) is 0 Å². The van der Waals surface area contributed by atoms with E-state index in [-0.39, 0.29) is 23.7 Å². The van der Waals surface area contributed by atoms with E-state index in [9.17, 15) is 0 Å². The van der Waals surface area contributed by atoms with Crippen molar-refractivity contribution in [3.63, 3.8) is 0 Å². The molecule has 0 spiro atoms. The predicted octanol–water partition coefficient (Wildman–Crippen LogP) is 21.5. The summed E-state index contributed by atoms with van der Waals surface area (Å²) in [5, 5.41) is 6.35. The van der Waals surface area contributed by atoms with Gasteiger partial charge in [0.25, 0.3) is 0 Å². The molecular formula is C77H67N5O2. The smallest absolute Gasteiger partial charge is 0.149 e. The van der Waals surface area contributed by atoms with Crippen LogP contribution in [-0.2, 0) is 0 Å². The number of fused-ring (bicyclic) bond motifs is 9. The van der Waals surface area contributed by atoms with Gasteiger partial charge in [-0.3, -0.25) is 14.1 Å². The summed E-state index contributed by atoms with van der Waals surface area (Å²) in [5.74, 6) is 3.79. The number of pyridine rings is 1. The maximum atomic E-state index is 7.39. The minimum absolute atomic E-state index is 0.182. The lowest BCUT2D eigenvalue weighted by Gasteiger charge is -2.24. The Morgan fingerprint density at radius 3 is 1.44 bits per heavy atom. The average Bonchev–Trinajstić information content (AvgIpc) is 1.90. The van der Waals surface area contributed by atoms with Crippen molar-refractivity contribution in [1.29, 1.82) is 0 Å². The van der Waals surface area contributed by atoms with Crippen molar-refractivity contribution in [3.8, 4) is 67.9 Å². The normalized spacial score (nSPS) is 12.1. The van der Waals surface area contributed by atoms with Gasteiger partial charge in [0, 0.05) is 38.5 Å². The van der Waals surface area contributed by atoms with E-state index >= 15 is 0 Å². The molecule has 7 nitrogen and oxygen atoms in total. The van der Waals surface area contributed by atoms with Crippen molar-refractivity contribution < 1.29 is 9.15 Å². The summed E-state index contributed by atoms with van der Waals surface area (Å²) in [7, 11) is 0. The first-order chi connectivity index (χ1) is 40.8. The summed E-state index contributed by atoms with van der Waals surface area (Å²) in [6, 6.07) is 71.8. The molecule has 0 N–H and O–H groups in total. The number of hydrogen-bond acceptors (Lipinski definition) is 5. The molecule has 0 aliphatic carbocycles. The Morgan fingerprint density at radius 1 is 0.381 bits per heavy atom. The van der Waals surface area contributed by atoms with E-state index in [2.05, 4.69) is 272 Å². The van der Waals surface area contributed by atoms with Gasteiger partial charge in [0.05, 0.1) is 39.0 Å². The van der Waals surface area contributed by atoms with Gasteiger partial charge in [-0.25, -0.2) is 9.97 Å². The molecule has 412 valence electrons. The van der Waals surface area contributed by atoms with Crippen LogP contribution in [-0.4, -0.2) is 24.1 Å². The van der Waals surface area contributed by atoms with Crippen LogP contribution in [0.1, 0.15) is 113 Å². The molecule has 0 saturated heterocycles. The molecule has 0 aliphatic heterocycles. The zero-order valence-corrected chi connectivity index (χ0v) is 49.4. The lowest BCUT2D eigenvalue weighted by atomic mass is 9.88. The number of hydrogen-bond donors (Lipinski definition) is 0. The standard InChI is InChI=1S/C77H67N5O2/c1-44(2)61-38-54(50-22-13-11-14-23-50)39-62(45(3)4)72(61)81-69-30-19-17-28-67(69)79-76(81)53-26-21-27-56(37-53)83-57-42-65-60-35-34-58-59(33-32-52-36-48(9)78-49(10)71(52)58)74(60)84-75(65)66(43-57)77-80-68-29-18-20-31-70(68)82(77)73-63(46(5)6)40-55(41-64(73)47(7)8)51-24-15-12-16-25-51/h11-47H,1-10H3. The Kier molecular flexibility index (Phi) is 12.9. The van der Waals surface area contributed by atoms with Gasteiger partial charge in [0.2, 0.25) is 0 Å². The molecule has 0 unspecified atom stereocenters. The number of aryl methyl sites for hydroxylation is 2. The van der Waals surface area contributed by atoms with Crippen LogP contribution in [0.4, 0.5) is 0 Å². The molecule has 14 aromatic rings. The van der Waals surface area contributed by atoms with Crippen molar-refractivity contribution in [2.45, 2.75) is 92.9 Å². The number of rotatable bonds is 12. The Morgan fingerprint density at radius 2 is 0.869 bits per heavy atom. The summed E-state index contributed by atoms with van der Waals surface area (Å²) < 4.78 is 19.5. The lowest BCUT2D eigenvalue weighted by Crippen LogP contribution is -2.09. The minimum Gasteiger partial charge on any atom is -0.457 e. The highest BCUT2D eigenvalue weighted by molar-refractivity contribution is 6.22. The second-order valence-corrected chi connectivity index (χ2v) is 24.0. The SMILES string of the molecule is Cc1cc2ccc3c(ccc4c5cc(Oc6cccc(-c7nc8ccccc8n7-c7c(C(C)C)cc(-c8ccccc8)cc7C(C)C)c6)cc(-c6nc7ccccc7n6-c6c(C(C)C)cc(-c7ccccc7)cc6C(C)C)c5oc43)c2c(C)n1. The summed E-state index contributed by atoms with van der Waals surface area (Å²) in [6.07, 6.45) is 0. The zero-order valence-electron chi connectivity index (χ0n) is 49.4. The number of imidazole rings is 2. The first-order valence-corrected chi connectivity index (χ1v) is 29.7. The maximum absolute atomic E-state index is 7.39. The van der Waals surface area contributed by atoms with E-state index in [1.165, 1.54) is 50.2 Å². The molecule has 14 rings (SSSR count). The number of benzene rings is 10. The molecule has 0 saturated carbocycles. The second kappa shape index (κ2) is 20.7. The van der Waals surface area contributed by atoms with E-state index < -0.39 is 0 Å². The molecule has 4 heterocycles. The molecule has 4 aromatic heterocycles. The summed E-state index contributed by atoms with van der Waals surface area (Å²) in [4.78, 5) is 16.0. The number of furan rings is 1. The summed E-state index contributed by atoms with van der Waals surface area (Å²) in [5.41, 5.74) is 21.4. The number of nitrogens with zero attached hydrogens (tertiary/aromatic N) is 5. The fraction of sp³-hybridized carbons (Fsp3) is 0.182. The predicted molar refractivity (Wildman–Crippen MR) is 350 cm³/mol. The van der Waals surface area contributed by atoms with Gasteiger partial charge in [-0.1, -0.05) is 165 Å². The van der Waals surface area contributed by atoms with Gasteiger partial charge in [-0.05, 0) is 184 Å². The van der Waals surface area contributed by atoms with E-state index in [0.29, 0.717) is 11.5 Å². The molecule has 0 fully saturated rings. The van der Waals surface area contributed by atoms with Crippen LogP contribution in [0, 0.1) is 13.8 Å². The third-order valence-electron chi connectivity index (χ3n) is 17.0. The topological polar surface area (TPSA) is 70.9 Å². The van der Waals surface area contributed by atoms with Gasteiger partial charge in [-0.15, -0.1) is 0 Å². The highest BCUT2D eigenvalue weighted by Crippen LogP contribution is 2.47. The van der Waals surface area contributed by atoms with E-state index in [1.807, 2.05) is 6.07 Å². The molecule has 0 atom stereocenters. The van der Waals surface area contributed by atoms with Crippen LogP contribution in [0.2, 0.25) is 0 Å². The van der Waals surface area contributed by atoms with Gasteiger partial charge in [-0.2, -0.15) is 0 Å². The number of aromatic nitrogens is 5. The third kappa shape index (κ3) is 8.84. The summed E-state index contributed by atoms with van der Waals surface area (Å²) >= 11 is 0. The first-order valence-electron chi connectivity index (χ1n) is 29.7.